The molecule has 3 aromatic rings. The third-order valence-electron chi connectivity index (χ3n) is 4.53. The van der Waals surface area contributed by atoms with Crippen LogP contribution in [-0.4, -0.2) is 30.9 Å². The van der Waals surface area contributed by atoms with Crippen molar-refractivity contribution in [2.24, 2.45) is 4.99 Å². The van der Waals surface area contributed by atoms with Crippen molar-refractivity contribution in [3.05, 3.63) is 58.8 Å². The van der Waals surface area contributed by atoms with E-state index >= 15 is 0 Å². The minimum atomic E-state index is -0.547. The fourth-order valence-electron chi connectivity index (χ4n) is 2.90. The van der Waals surface area contributed by atoms with Crippen LogP contribution in [0.3, 0.4) is 0 Å². The van der Waals surface area contributed by atoms with Gasteiger partial charge in [0, 0.05) is 24.0 Å². The van der Waals surface area contributed by atoms with Gasteiger partial charge in [-0.3, -0.25) is 10.3 Å². The molecule has 0 aliphatic carbocycles. The van der Waals surface area contributed by atoms with Crippen LogP contribution in [0.25, 0.3) is 10.6 Å². The number of hydrogen-bond acceptors (Lipinski definition) is 7. The van der Waals surface area contributed by atoms with Gasteiger partial charge in [0.2, 0.25) is 0 Å². The van der Waals surface area contributed by atoms with Gasteiger partial charge in [-0.15, -0.1) is 0 Å². The first-order valence-corrected chi connectivity index (χ1v) is 10.7. The summed E-state index contributed by atoms with van der Waals surface area (Å²) in [6, 6.07) is 11.4. The Morgan fingerprint density at radius 3 is 2.81 bits per heavy atom. The molecule has 0 unspecified atom stereocenters. The summed E-state index contributed by atoms with van der Waals surface area (Å²) in [5.74, 6) is 0.744. The number of aliphatic imine (C=N–C) groups is 1. The van der Waals surface area contributed by atoms with Gasteiger partial charge in [-0.1, -0.05) is 23.5 Å². The van der Waals surface area contributed by atoms with Crippen LogP contribution in [0.1, 0.15) is 29.3 Å². The van der Waals surface area contributed by atoms with Crippen LogP contribution in [0.4, 0.5) is 15.5 Å². The van der Waals surface area contributed by atoms with Crippen LogP contribution in [0.15, 0.2) is 41.4 Å². The molecule has 3 rings (SSSR count). The number of nitrogens with zero attached hydrogens (tertiary/aromatic N) is 2. The van der Waals surface area contributed by atoms with E-state index in [9.17, 15) is 4.79 Å². The van der Waals surface area contributed by atoms with Gasteiger partial charge in [-0.2, -0.15) is 0 Å². The molecule has 1 aromatic heterocycles. The number of methoxy groups -OCH3 is 1. The second-order valence-electron chi connectivity index (χ2n) is 6.93. The monoisotopic (exact) mass is 438 g/mol. The molecule has 8 heteroatoms. The van der Waals surface area contributed by atoms with E-state index in [1.54, 1.807) is 19.4 Å². The fourth-order valence-corrected chi connectivity index (χ4v) is 3.88. The van der Waals surface area contributed by atoms with Crippen molar-refractivity contribution >= 4 is 34.3 Å². The highest BCUT2D eigenvalue weighted by Crippen LogP contribution is 2.37. The minimum absolute atomic E-state index is 0.121. The molecule has 2 aromatic carbocycles. The van der Waals surface area contributed by atoms with Crippen LogP contribution in [-0.2, 0) is 11.3 Å². The molecule has 0 spiro atoms. The van der Waals surface area contributed by atoms with E-state index in [4.69, 9.17) is 15.2 Å². The lowest BCUT2D eigenvalue weighted by atomic mass is 10.1. The van der Waals surface area contributed by atoms with Gasteiger partial charge in [0.05, 0.1) is 18.4 Å². The summed E-state index contributed by atoms with van der Waals surface area (Å²) in [4.78, 5) is 21.1. The molecule has 0 saturated heterocycles. The second kappa shape index (κ2) is 10.1. The molecule has 0 aliphatic heterocycles. The molecular formula is C23H26N4O3S. The van der Waals surface area contributed by atoms with Gasteiger partial charge >= 0.3 is 6.09 Å². The Morgan fingerprint density at radius 2 is 2.06 bits per heavy atom. The number of hydrogen-bond donors (Lipinski definition) is 2. The maximum absolute atomic E-state index is 12.3. The molecule has 0 atom stereocenters. The van der Waals surface area contributed by atoms with Gasteiger partial charge in [0.15, 0.2) is 0 Å². The quantitative estimate of drug-likeness (QED) is 0.390. The van der Waals surface area contributed by atoms with Crippen molar-refractivity contribution in [1.29, 1.82) is 0 Å². The SMILES string of the molecule is CCN=Cc1cc(COC(=O)Nc2sc(-c3ccc(C)cc3OC)nc2C)ccc1N. The van der Waals surface area contributed by atoms with Crippen molar-refractivity contribution < 1.29 is 14.3 Å². The fraction of sp³-hybridized carbons (Fsp3) is 0.261. The Labute approximate surface area is 185 Å². The average Bonchev–Trinajstić information content (AvgIpc) is 3.11. The van der Waals surface area contributed by atoms with E-state index in [0.717, 1.165) is 33.0 Å². The van der Waals surface area contributed by atoms with E-state index in [1.807, 2.05) is 51.1 Å². The Bertz CT molecular complexity index is 1110. The lowest BCUT2D eigenvalue weighted by Crippen LogP contribution is -2.13. The number of aromatic nitrogens is 1. The summed E-state index contributed by atoms with van der Waals surface area (Å²) < 4.78 is 10.9. The number of benzene rings is 2. The third kappa shape index (κ3) is 5.61. The summed E-state index contributed by atoms with van der Waals surface area (Å²) in [6.45, 7) is 6.59. The summed E-state index contributed by atoms with van der Waals surface area (Å²) in [6.07, 6.45) is 1.18. The van der Waals surface area contributed by atoms with Gasteiger partial charge in [-0.05, 0) is 56.2 Å². The molecule has 0 aliphatic rings. The number of aryl methyl sites for hydroxylation is 2. The molecule has 0 fully saturated rings. The summed E-state index contributed by atoms with van der Waals surface area (Å²) in [5.41, 5.74) is 10.9. The predicted molar refractivity (Wildman–Crippen MR) is 126 cm³/mol. The lowest BCUT2D eigenvalue weighted by molar-refractivity contribution is 0.155. The van der Waals surface area contributed by atoms with Crippen LogP contribution in [0, 0.1) is 13.8 Å². The van der Waals surface area contributed by atoms with Crippen molar-refractivity contribution in [3.8, 4) is 16.3 Å². The molecule has 7 nitrogen and oxygen atoms in total. The largest absolute Gasteiger partial charge is 0.496 e. The smallest absolute Gasteiger partial charge is 0.412 e. The standard InChI is InChI=1S/C23H26N4O3S/c1-5-25-12-17-11-16(7-9-19(17)24)13-30-23(28)27-21-15(3)26-22(31-21)18-8-6-14(2)10-20(18)29-4/h6-12H,5,13,24H2,1-4H3,(H,27,28). The summed E-state index contributed by atoms with van der Waals surface area (Å²) >= 11 is 1.37. The molecule has 1 heterocycles. The zero-order chi connectivity index (χ0) is 22.4. The minimum Gasteiger partial charge on any atom is -0.496 e. The van der Waals surface area contributed by atoms with E-state index < -0.39 is 6.09 Å². The number of anilines is 2. The zero-order valence-electron chi connectivity index (χ0n) is 18.1. The van der Waals surface area contributed by atoms with E-state index in [-0.39, 0.29) is 6.61 Å². The van der Waals surface area contributed by atoms with Gasteiger partial charge < -0.3 is 15.2 Å². The van der Waals surface area contributed by atoms with Crippen LogP contribution < -0.4 is 15.8 Å². The topological polar surface area (TPSA) is 98.8 Å². The van der Waals surface area contributed by atoms with Crippen molar-refractivity contribution in [2.45, 2.75) is 27.4 Å². The molecule has 3 N–H and O–H groups in total. The molecule has 0 radical (unpaired) electrons. The molecule has 0 bridgehead atoms. The number of nitrogen functional groups attached to an aromatic ring is 1. The van der Waals surface area contributed by atoms with Crippen molar-refractivity contribution in [2.75, 3.05) is 24.7 Å². The predicted octanol–water partition coefficient (Wildman–Crippen LogP) is 5.21. The highest BCUT2D eigenvalue weighted by atomic mass is 32.1. The number of carbonyl (C=O) groups is 1. The number of amides is 1. The highest BCUT2D eigenvalue weighted by Gasteiger charge is 2.16. The average molecular weight is 439 g/mol. The maximum Gasteiger partial charge on any atom is 0.412 e. The molecule has 162 valence electrons. The summed E-state index contributed by atoms with van der Waals surface area (Å²) in [7, 11) is 1.63. The first-order valence-electron chi connectivity index (χ1n) is 9.85. The molecule has 0 saturated carbocycles. The first-order chi connectivity index (χ1) is 14.9. The van der Waals surface area contributed by atoms with Crippen LogP contribution in [0.2, 0.25) is 0 Å². The maximum atomic E-state index is 12.3. The number of ether oxygens (including phenoxy) is 2. The number of nitrogens with one attached hydrogen (secondary N) is 1. The summed E-state index contributed by atoms with van der Waals surface area (Å²) in [5, 5.41) is 4.18. The number of rotatable bonds is 7. The number of carbonyl (C=O) groups excluding carboxylic acids is 1. The van der Waals surface area contributed by atoms with Crippen LogP contribution >= 0.6 is 11.3 Å². The highest BCUT2D eigenvalue weighted by molar-refractivity contribution is 7.19. The lowest BCUT2D eigenvalue weighted by Gasteiger charge is -2.08. The van der Waals surface area contributed by atoms with E-state index in [2.05, 4.69) is 15.3 Å². The normalized spacial score (nSPS) is 11.0. The van der Waals surface area contributed by atoms with Crippen LogP contribution in [0.5, 0.6) is 5.75 Å². The van der Waals surface area contributed by atoms with Gasteiger partial charge in [0.1, 0.15) is 22.4 Å². The number of nitrogens with two attached hydrogens (primary N) is 1. The van der Waals surface area contributed by atoms with E-state index in [1.165, 1.54) is 11.3 Å². The zero-order valence-corrected chi connectivity index (χ0v) is 18.9. The molecular weight excluding hydrogens is 412 g/mol. The second-order valence-corrected chi connectivity index (χ2v) is 7.93. The Hall–Kier alpha value is -3.39. The number of thiazole rings is 1. The molecule has 1 amide bonds. The Morgan fingerprint density at radius 1 is 1.26 bits per heavy atom. The molecule has 31 heavy (non-hydrogen) atoms. The van der Waals surface area contributed by atoms with Gasteiger partial charge in [-0.25, -0.2) is 9.78 Å². The third-order valence-corrected chi connectivity index (χ3v) is 5.64. The Balaban J connectivity index is 1.67. The van der Waals surface area contributed by atoms with Gasteiger partial charge in [0.25, 0.3) is 0 Å². The Kier molecular flexibility index (Phi) is 7.25. The van der Waals surface area contributed by atoms with Crippen molar-refractivity contribution in [3.63, 3.8) is 0 Å². The van der Waals surface area contributed by atoms with E-state index in [0.29, 0.717) is 22.9 Å². The first kappa shape index (κ1) is 22.3. The van der Waals surface area contributed by atoms with Crippen molar-refractivity contribution in [1.82, 2.24) is 4.98 Å².